The minimum atomic E-state index is 0.0196. The Bertz CT molecular complexity index is 778. The molecule has 0 bridgehead atoms. The fraction of sp³-hybridized carbons (Fsp3) is 0. The number of carbonyl (C=O) groups is 1. The number of ketones is 1. The van der Waals surface area contributed by atoms with E-state index in [0.717, 1.165) is 11.1 Å². The molecule has 3 aromatic rings. The Morgan fingerprint density at radius 1 is 0.762 bits per heavy atom. The summed E-state index contributed by atoms with van der Waals surface area (Å²) in [6, 6.07) is 24.5. The van der Waals surface area contributed by atoms with Crippen LogP contribution in [0.4, 0.5) is 0 Å². The van der Waals surface area contributed by atoms with Crippen molar-refractivity contribution in [3.05, 3.63) is 95.0 Å². The van der Waals surface area contributed by atoms with E-state index in [2.05, 4.69) is 0 Å². The molecule has 0 unspecified atom stereocenters. The predicted octanol–water partition coefficient (Wildman–Crippen LogP) is 5.24. The van der Waals surface area contributed by atoms with Gasteiger partial charge in [0.15, 0.2) is 5.78 Å². The lowest BCUT2D eigenvalue weighted by atomic mass is 9.94. The molecule has 2 heteroatoms. The van der Waals surface area contributed by atoms with Crippen molar-refractivity contribution in [1.29, 1.82) is 0 Å². The Hall–Kier alpha value is -2.38. The number of carbonyl (C=O) groups excluding carboxylic acids is 1. The highest BCUT2D eigenvalue weighted by Crippen LogP contribution is 2.27. The van der Waals surface area contributed by atoms with E-state index < -0.39 is 0 Å². The lowest BCUT2D eigenvalue weighted by molar-refractivity contribution is 0.103. The standard InChI is InChI=1S/C19H13ClO/c20-16-10-6-9-15(13-16)17-11-4-5-12-18(17)19(21)14-7-2-1-3-8-14/h1-13H. The third-order valence-electron chi connectivity index (χ3n) is 3.34. The molecular weight excluding hydrogens is 280 g/mol. The van der Waals surface area contributed by atoms with Crippen LogP contribution < -0.4 is 0 Å². The van der Waals surface area contributed by atoms with Crippen LogP contribution in [-0.4, -0.2) is 5.78 Å². The summed E-state index contributed by atoms with van der Waals surface area (Å²) in [7, 11) is 0. The maximum absolute atomic E-state index is 12.7. The molecule has 1 nitrogen and oxygen atoms in total. The fourth-order valence-corrected chi connectivity index (χ4v) is 2.52. The molecular formula is C19H13ClO. The van der Waals surface area contributed by atoms with Crippen LogP contribution in [0.2, 0.25) is 5.02 Å². The molecule has 0 heterocycles. The average Bonchev–Trinajstić information content (AvgIpc) is 2.55. The number of halogens is 1. The van der Waals surface area contributed by atoms with Crippen molar-refractivity contribution < 1.29 is 4.79 Å². The fourth-order valence-electron chi connectivity index (χ4n) is 2.33. The van der Waals surface area contributed by atoms with E-state index in [1.54, 1.807) is 0 Å². The quantitative estimate of drug-likeness (QED) is 0.603. The highest BCUT2D eigenvalue weighted by atomic mass is 35.5. The summed E-state index contributed by atoms with van der Waals surface area (Å²) >= 11 is 6.06. The van der Waals surface area contributed by atoms with Gasteiger partial charge in [0.2, 0.25) is 0 Å². The zero-order valence-electron chi connectivity index (χ0n) is 11.3. The van der Waals surface area contributed by atoms with E-state index in [4.69, 9.17) is 11.6 Å². The second-order valence-electron chi connectivity index (χ2n) is 4.75. The summed E-state index contributed by atoms with van der Waals surface area (Å²) in [5, 5.41) is 0.662. The Balaban J connectivity index is 2.11. The van der Waals surface area contributed by atoms with Crippen molar-refractivity contribution >= 4 is 17.4 Å². The topological polar surface area (TPSA) is 17.1 Å². The SMILES string of the molecule is O=C(c1ccccc1)c1ccccc1-c1cccc(Cl)c1. The van der Waals surface area contributed by atoms with Gasteiger partial charge in [-0.15, -0.1) is 0 Å². The summed E-state index contributed by atoms with van der Waals surface area (Å²) in [5.74, 6) is 0.0196. The summed E-state index contributed by atoms with van der Waals surface area (Å²) in [4.78, 5) is 12.7. The van der Waals surface area contributed by atoms with Crippen LogP contribution in [-0.2, 0) is 0 Å². The van der Waals surface area contributed by atoms with Gasteiger partial charge in [0.25, 0.3) is 0 Å². The zero-order valence-corrected chi connectivity index (χ0v) is 12.0. The number of benzene rings is 3. The van der Waals surface area contributed by atoms with Crippen molar-refractivity contribution in [2.45, 2.75) is 0 Å². The molecule has 0 aliphatic heterocycles. The molecule has 0 atom stereocenters. The molecule has 0 aliphatic carbocycles. The Labute approximate surface area is 128 Å². The summed E-state index contributed by atoms with van der Waals surface area (Å²) in [6.45, 7) is 0. The monoisotopic (exact) mass is 292 g/mol. The Morgan fingerprint density at radius 3 is 2.24 bits per heavy atom. The van der Waals surface area contributed by atoms with Gasteiger partial charge in [0.05, 0.1) is 0 Å². The van der Waals surface area contributed by atoms with E-state index in [-0.39, 0.29) is 5.78 Å². The molecule has 0 amide bonds. The smallest absolute Gasteiger partial charge is 0.193 e. The normalized spacial score (nSPS) is 10.3. The van der Waals surface area contributed by atoms with Crippen molar-refractivity contribution in [2.75, 3.05) is 0 Å². The highest BCUT2D eigenvalue weighted by Gasteiger charge is 2.14. The van der Waals surface area contributed by atoms with Gasteiger partial charge in [-0.25, -0.2) is 0 Å². The molecule has 0 fully saturated rings. The summed E-state index contributed by atoms with van der Waals surface area (Å²) in [6.07, 6.45) is 0. The zero-order chi connectivity index (χ0) is 14.7. The molecule has 0 aromatic heterocycles. The van der Waals surface area contributed by atoms with Gasteiger partial charge in [-0.3, -0.25) is 4.79 Å². The molecule has 0 saturated heterocycles. The molecule has 0 radical (unpaired) electrons. The third kappa shape index (κ3) is 2.88. The lowest BCUT2D eigenvalue weighted by Gasteiger charge is -2.09. The van der Waals surface area contributed by atoms with Crippen LogP contribution in [0.1, 0.15) is 15.9 Å². The number of hydrogen-bond donors (Lipinski definition) is 0. The van der Waals surface area contributed by atoms with E-state index in [0.29, 0.717) is 16.1 Å². The van der Waals surface area contributed by atoms with Crippen molar-refractivity contribution in [1.82, 2.24) is 0 Å². The van der Waals surface area contributed by atoms with Gasteiger partial charge in [-0.1, -0.05) is 78.3 Å². The second kappa shape index (κ2) is 5.94. The maximum Gasteiger partial charge on any atom is 0.193 e. The minimum absolute atomic E-state index is 0.0196. The van der Waals surface area contributed by atoms with Crippen molar-refractivity contribution in [2.24, 2.45) is 0 Å². The van der Waals surface area contributed by atoms with Crippen LogP contribution in [0.25, 0.3) is 11.1 Å². The van der Waals surface area contributed by atoms with Crippen molar-refractivity contribution in [3.8, 4) is 11.1 Å². The first-order valence-electron chi connectivity index (χ1n) is 6.70. The lowest BCUT2D eigenvalue weighted by Crippen LogP contribution is -2.03. The van der Waals surface area contributed by atoms with Crippen LogP contribution in [0.3, 0.4) is 0 Å². The van der Waals surface area contributed by atoms with Crippen molar-refractivity contribution in [3.63, 3.8) is 0 Å². The van der Waals surface area contributed by atoms with Crippen LogP contribution in [0, 0.1) is 0 Å². The Kier molecular flexibility index (Phi) is 3.85. The van der Waals surface area contributed by atoms with Gasteiger partial charge >= 0.3 is 0 Å². The molecule has 3 aromatic carbocycles. The van der Waals surface area contributed by atoms with Gasteiger partial charge in [0, 0.05) is 16.1 Å². The summed E-state index contributed by atoms with van der Waals surface area (Å²) in [5.41, 5.74) is 3.22. The largest absolute Gasteiger partial charge is 0.289 e. The van der Waals surface area contributed by atoms with E-state index in [9.17, 15) is 4.79 Å². The van der Waals surface area contributed by atoms with Crippen LogP contribution in [0.5, 0.6) is 0 Å². The van der Waals surface area contributed by atoms with E-state index in [1.165, 1.54) is 0 Å². The maximum atomic E-state index is 12.7. The molecule has 0 aliphatic rings. The van der Waals surface area contributed by atoms with Crippen LogP contribution >= 0.6 is 11.6 Å². The molecule has 0 spiro atoms. The molecule has 0 saturated carbocycles. The minimum Gasteiger partial charge on any atom is -0.289 e. The van der Waals surface area contributed by atoms with Gasteiger partial charge in [-0.2, -0.15) is 0 Å². The highest BCUT2D eigenvalue weighted by molar-refractivity contribution is 6.30. The first-order valence-corrected chi connectivity index (χ1v) is 7.08. The first kappa shape index (κ1) is 13.6. The van der Waals surface area contributed by atoms with E-state index >= 15 is 0 Å². The predicted molar refractivity (Wildman–Crippen MR) is 86.8 cm³/mol. The molecule has 21 heavy (non-hydrogen) atoms. The van der Waals surface area contributed by atoms with E-state index in [1.807, 2.05) is 78.9 Å². The molecule has 0 N–H and O–H groups in total. The third-order valence-corrected chi connectivity index (χ3v) is 3.58. The number of rotatable bonds is 3. The van der Waals surface area contributed by atoms with Gasteiger partial charge in [-0.05, 0) is 23.3 Å². The molecule has 3 rings (SSSR count). The summed E-state index contributed by atoms with van der Waals surface area (Å²) < 4.78 is 0. The number of hydrogen-bond acceptors (Lipinski definition) is 1. The van der Waals surface area contributed by atoms with Gasteiger partial charge in [0.1, 0.15) is 0 Å². The molecule has 102 valence electrons. The van der Waals surface area contributed by atoms with Gasteiger partial charge < -0.3 is 0 Å². The average molecular weight is 293 g/mol. The second-order valence-corrected chi connectivity index (χ2v) is 5.19. The Morgan fingerprint density at radius 2 is 1.48 bits per heavy atom. The first-order chi connectivity index (χ1) is 10.3. The van der Waals surface area contributed by atoms with Crippen LogP contribution in [0.15, 0.2) is 78.9 Å².